The lowest BCUT2D eigenvalue weighted by Crippen LogP contribution is -2.46. The van der Waals surface area contributed by atoms with Crippen molar-refractivity contribution in [2.24, 2.45) is 0 Å². The van der Waals surface area contributed by atoms with E-state index in [4.69, 9.17) is 0 Å². The summed E-state index contributed by atoms with van der Waals surface area (Å²) < 4.78 is 43.0. The number of urea groups is 1. The molecular formula is C30H24F3N7O2. The number of aryl methyl sites for hydroxylation is 1. The number of amides is 2. The number of aromatic amines is 1. The molecule has 42 heavy (non-hydrogen) atoms. The average molecular weight is 572 g/mol. The molecule has 0 atom stereocenters. The first-order valence-corrected chi connectivity index (χ1v) is 12.9. The molecule has 9 nitrogen and oxygen atoms in total. The van der Waals surface area contributed by atoms with Crippen LogP contribution in [-0.4, -0.2) is 39.4 Å². The number of ether oxygens (including phenoxy) is 1. The highest BCUT2D eigenvalue weighted by Crippen LogP contribution is 2.36. The summed E-state index contributed by atoms with van der Waals surface area (Å²) in [6.07, 6.45) is -1.69. The minimum atomic E-state index is -4.83. The second-order valence-corrected chi connectivity index (χ2v) is 9.65. The second-order valence-electron chi connectivity index (χ2n) is 9.65. The van der Waals surface area contributed by atoms with E-state index in [1.165, 1.54) is 29.3 Å². The van der Waals surface area contributed by atoms with Gasteiger partial charge in [0.25, 0.3) is 0 Å². The molecule has 0 unspecified atom stereocenters. The van der Waals surface area contributed by atoms with E-state index in [-0.39, 0.29) is 23.9 Å². The predicted octanol–water partition coefficient (Wildman–Crippen LogP) is 7.06. The van der Waals surface area contributed by atoms with E-state index in [0.29, 0.717) is 34.5 Å². The number of H-pyrrole nitrogens is 1. The van der Waals surface area contributed by atoms with Crippen molar-refractivity contribution in [3.8, 4) is 28.4 Å². The van der Waals surface area contributed by atoms with Gasteiger partial charge in [0.1, 0.15) is 17.4 Å². The fourth-order valence-electron chi connectivity index (χ4n) is 4.76. The number of anilines is 4. The van der Waals surface area contributed by atoms with Crippen LogP contribution in [0.1, 0.15) is 11.1 Å². The van der Waals surface area contributed by atoms with Crippen LogP contribution in [-0.2, 0) is 6.54 Å². The third-order valence-electron chi connectivity index (χ3n) is 6.79. The Morgan fingerprint density at radius 1 is 0.976 bits per heavy atom. The van der Waals surface area contributed by atoms with Crippen LogP contribution in [0.25, 0.3) is 22.6 Å². The predicted molar refractivity (Wildman–Crippen MR) is 153 cm³/mol. The van der Waals surface area contributed by atoms with Crippen molar-refractivity contribution >= 4 is 29.2 Å². The summed E-state index contributed by atoms with van der Waals surface area (Å²) in [5.41, 5.74) is 4.31. The first-order chi connectivity index (χ1) is 20.2. The van der Waals surface area contributed by atoms with E-state index in [1.54, 1.807) is 24.2 Å². The van der Waals surface area contributed by atoms with E-state index in [0.717, 1.165) is 16.8 Å². The van der Waals surface area contributed by atoms with Crippen LogP contribution in [0, 0.1) is 6.92 Å². The number of aromatic nitrogens is 4. The van der Waals surface area contributed by atoms with Gasteiger partial charge in [0.15, 0.2) is 0 Å². The average Bonchev–Trinajstić information content (AvgIpc) is 3.46. The van der Waals surface area contributed by atoms with E-state index < -0.39 is 6.36 Å². The highest BCUT2D eigenvalue weighted by atomic mass is 19.4. The molecule has 0 fully saturated rings. The molecule has 1 aliphatic heterocycles. The number of nitrogens with one attached hydrogen (secondary N) is 2. The summed E-state index contributed by atoms with van der Waals surface area (Å²) in [5, 5.41) is 3.15. The largest absolute Gasteiger partial charge is 0.573 e. The van der Waals surface area contributed by atoms with Gasteiger partial charge in [-0.25, -0.2) is 14.8 Å². The number of carbonyl (C=O) groups excluding carboxylic acids is 1. The quantitative estimate of drug-likeness (QED) is 0.226. The van der Waals surface area contributed by atoms with Crippen LogP contribution >= 0.6 is 0 Å². The van der Waals surface area contributed by atoms with E-state index in [1.807, 2.05) is 55.5 Å². The van der Waals surface area contributed by atoms with Crippen molar-refractivity contribution in [1.82, 2.24) is 19.9 Å². The van der Waals surface area contributed by atoms with Crippen molar-refractivity contribution in [3.05, 3.63) is 96.3 Å². The van der Waals surface area contributed by atoms with E-state index in [2.05, 4.69) is 30.0 Å². The highest BCUT2D eigenvalue weighted by Gasteiger charge is 2.33. The molecule has 2 N–H and O–H groups in total. The molecule has 212 valence electrons. The molecule has 3 aromatic carbocycles. The Hall–Kier alpha value is -5.39. The Morgan fingerprint density at radius 3 is 2.52 bits per heavy atom. The summed E-state index contributed by atoms with van der Waals surface area (Å²) in [7, 11) is 1.66. The van der Waals surface area contributed by atoms with Gasteiger partial charge in [-0.2, -0.15) is 4.98 Å². The number of alkyl halides is 3. The molecule has 0 saturated heterocycles. The zero-order chi connectivity index (χ0) is 29.4. The summed E-state index contributed by atoms with van der Waals surface area (Å²) in [4.78, 5) is 33.1. The third kappa shape index (κ3) is 5.33. The molecule has 3 heterocycles. The smallest absolute Gasteiger partial charge is 0.405 e. The van der Waals surface area contributed by atoms with Crippen LogP contribution in [0.3, 0.4) is 0 Å². The molecule has 0 spiro atoms. The van der Waals surface area contributed by atoms with E-state index >= 15 is 0 Å². The van der Waals surface area contributed by atoms with Crippen molar-refractivity contribution in [1.29, 1.82) is 0 Å². The molecule has 12 heteroatoms. The summed E-state index contributed by atoms with van der Waals surface area (Å²) >= 11 is 0. The van der Waals surface area contributed by atoms with Gasteiger partial charge in [-0.15, -0.1) is 13.2 Å². The van der Waals surface area contributed by atoms with Gasteiger partial charge in [-0.05, 0) is 42.8 Å². The lowest BCUT2D eigenvalue weighted by molar-refractivity contribution is -0.274. The Bertz CT molecular complexity index is 1770. The minimum absolute atomic E-state index is 0.214. The number of nitrogens with zero attached hydrogens (tertiary/aromatic N) is 5. The number of halogens is 3. The van der Waals surface area contributed by atoms with Crippen molar-refractivity contribution in [2.75, 3.05) is 22.2 Å². The maximum Gasteiger partial charge on any atom is 0.573 e. The Balaban J connectivity index is 1.28. The number of hydrogen-bond acceptors (Lipinski definition) is 6. The maximum absolute atomic E-state index is 13.5. The van der Waals surface area contributed by atoms with Crippen molar-refractivity contribution in [3.63, 3.8) is 0 Å². The number of hydrogen-bond donors (Lipinski definition) is 2. The normalized spacial score (nSPS) is 13.2. The van der Waals surface area contributed by atoms with E-state index in [9.17, 15) is 18.0 Å². The molecule has 5 aromatic rings. The summed E-state index contributed by atoms with van der Waals surface area (Å²) in [6.45, 7) is 2.14. The SMILES string of the molecule is Cc1ccc(-c2ncc(-c3ccccc3OC(F)(F)F)[nH]2)cc1N1Cc2cnc(Nc3ccccc3)nc2N(C)C1=O. The van der Waals surface area contributed by atoms with Crippen LogP contribution in [0.2, 0.25) is 0 Å². The first-order valence-electron chi connectivity index (χ1n) is 12.9. The standard InChI is InChI=1S/C30H24F3N7O2/c1-18-12-13-19(26-34-16-23(37-26)22-10-6-7-11-25(22)42-30(31,32)33)14-24(18)40-17-20-15-35-28(36-21-8-4-3-5-9-21)38-27(20)39(2)29(40)41/h3-16H,17H2,1-2H3,(H,34,37)(H,35,36,38). The van der Waals surface area contributed by atoms with Crippen LogP contribution < -0.4 is 19.9 Å². The van der Waals surface area contributed by atoms with Gasteiger partial charge in [0.2, 0.25) is 5.95 Å². The molecule has 0 aliphatic carbocycles. The van der Waals surface area contributed by atoms with Crippen LogP contribution in [0.5, 0.6) is 5.75 Å². The third-order valence-corrected chi connectivity index (χ3v) is 6.79. The topological polar surface area (TPSA) is 99.3 Å². The Kier molecular flexibility index (Phi) is 6.73. The molecule has 0 saturated carbocycles. The molecule has 1 aliphatic rings. The van der Waals surface area contributed by atoms with Crippen LogP contribution in [0.15, 0.2) is 85.2 Å². The van der Waals surface area contributed by atoms with Crippen molar-refractivity contribution in [2.45, 2.75) is 19.8 Å². The van der Waals surface area contributed by atoms with Gasteiger partial charge >= 0.3 is 12.4 Å². The van der Waals surface area contributed by atoms with Gasteiger partial charge < -0.3 is 15.0 Å². The highest BCUT2D eigenvalue weighted by molar-refractivity contribution is 6.05. The molecule has 0 radical (unpaired) electrons. The number of imidazole rings is 1. The van der Waals surface area contributed by atoms with Gasteiger partial charge in [0.05, 0.1) is 18.4 Å². The molecule has 2 amide bonds. The van der Waals surface area contributed by atoms with Gasteiger partial charge in [-0.1, -0.05) is 42.5 Å². The molecule has 2 aromatic heterocycles. The maximum atomic E-state index is 13.5. The fraction of sp³-hybridized carbons (Fsp3) is 0.133. The second kappa shape index (κ2) is 10.5. The molecule has 6 rings (SSSR count). The fourth-order valence-corrected chi connectivity index (χ4v) is 4.76. The van der Waals surface area contributed by atoms with Gasteiger partial charge in [0, 0.05) is 41.3 Å². The lowest BCUT2D eigenvalue weighted by atomic mass is 10.1. The Morgan fingerprint density at radius 2 is 1.74 bits per heavy atom. The summed E-state index contributed by atoms with van der Waals surface area (Å²) in [6, 6.07) is 20.6. The monoisotopic (exact) mass is 571 g/mol. The lowest BCUT2D eigenvalue weighted by Gasteiger charge is -2.35. The minimum Gasteiger partial charge on any atom is -0.405 e. The first kappa shape index (κ1) is 26.8. The molecular weight excluding hydrogens is 547 g/mol. The van der Waals surface area contributed by atoms with Crippen molar-refractivity contribution < 1.29 is 22.7 Å². The number of para-hydroxylation sites is 2. The van der Waals surface area contributed by atoms with Gasteiger partial charge in [-0.3, -0.25) is 9.80 Å². The zero-order valence-electron chi connectivity index (χ0n) is 22.5. The molecule has 0 bridgehead atoms. The summed E-state index contributed by atoms with van der Waals surface area (Å²) in [5.74, 6) is 0.969. The number of rotatable bonds is 6. The number of benzene rings is 3. The zero-order valence-corrected chi connectivity index (χ0v) is 22.5. The Labute approximate surface area is 238 Å². The number of carbonyl (C=O) groups is 1. The number of fused-ring (bicyclic) bond motifs is 1. The van der Waals surface area contributed by atoms with Crippen LogP contribution in [0.4, 0.5) is 41.1 Å².